The minimum absolute atomic E-state index is 0.0486. The van der Waals surface area contributed by atoms with Crippen molar-refractivity contribution >= 4 is 35.3 Å². The Hall–Kier alpha value is -3.22. The van der Waals surface area contributed by atoms with Gasteiger partial charge in [0.15, 0.2) is 0 Å². The molecule has 3 rings (SSSR count). The SMILES string of the molecule is CC[C@H](C)[C@H](CN[C@H](C[C@@H](O)c1nc(N(C(=O)O)[C@H](C[C@H](C)C(=O)O)C(C)c2ccccc2)cs1)C1CCCCC1)NC(=O)OC(C)(C)C. The maximum atomic E-state index is 12.8. The average molecular weight is 703 g/mol. The lowest BCUT2D eigenvalue weighted by atomic mass is 9.81. The summed E-state index contributed by atoms with van der Waals surface area (Å²) in [5, 5.41) is 40.5. The van der Waals surface area contributed by atoms with Crippen molar-refractivity contribution in [3.05, 3.63) is 46.3 Å². The molecule has 0 bridgehead atoms. The third kappa shape index (κ3) is 12.3. The second-order valence-corrected chi connectivity index (χ2v) is 15.6. The Kier molecular flexibility index (Phi) is 15.3. The Bertz CT molecular complexity index is 1330. The molecule has 5 N–H and O–H groups in total. The van der Waals surface area contributed by atoms with E-state index in [0.717, 1.165) is 37.7 Å². The van der Waals surface area contributed by atoms with Crippen LogP contribution in [0.1, 0.15) is 122 Å². The zero-order chi connectivity index (χ0) is 36.3. The number of ether oxygens (including phenoxy) is 1. The number of carboxylic acids is 1. The van der Waals surface area contributed by atoms with Crippen molar-refractivity contribution in [1.29, 1.82) is 0 Å². The molecule has 0 spiro atoms. The van der Waals surface area contributed by atoms with Gasteiger partial charge >= 0.3 is 18.2 Å². The molecule has 0 radical (unpaired) electrons. The Morgan fingerprint density at radius 3 is 2.27 bits per heavy atom. The molecule has 7 atom stereocenters. The van der Waals surface area contributed by atoms with Crippen LogP contribution in [-0.2, 0) is 9.53 Å². The molecule has 1 heterocycles. The highest BCUT2D eigenvalue weighted by molar-refractivity contribution is 7.10. The van der Waals surface area contributed by atoms with Gasteiger partial charge in [-0.1, -0.05) is 83.7 Å². The van der Waals surface area contributed by atoms with Gasteiger partial charge in [0.1, 0.15) is 22.5 Å². The largest absolute Gasteiger partial charge is 0.481 e. The lowest BCUT2D eigenvalue weighted by Gasteiger charge is -2.35. The number of thiazole rings is 1. The summed E-state index contributed by atoms with van der Waals surface area (Å²) in [4.78, 5) is 43.2. The summed E-state index contributed by atoms with van der Waals surface area (Å²) in [5.41, 5.74) is 0.286. The topological polar surface area (TPSA) is 161 Å². The molecule has 1 aliphatic rings. The molecular formula is C37H58N4O7S. The predicted octanol–water partition coefficient (Wildman–Crippen LogP) is 7.81. The monoisotopic (exact) mass is 702 g/mol. The molecule has 49 heavy (non-hydrogen) atoms. The second-order valence-electron chi connectivity index (χ2n) is 14.7. The molecule has 2 aromatic rings. The van der Waals surface area contributed by atoms with E-state index in [1.54, 1.807) is 12.3 Å². The Balaban J connectivity index is 1.84. The van der Waals surface area contributed by atoms with E-state index >= 15 is 0 Å². The van der Waals surface area contributed by atoms with Crippen LogP contribution < -0.4 is 15.5 Å². The zero-order valence-corrected chi connectivity index (χ0v) is 31.0. The molecule has 274 valence electrons. The molecule has 12 heteroatoms. The highest BCUT2D eigenvalue weighted by atomic mass is 32.1. The van der Waals surface area contributed by atoms with Crippen molar-refractivity contribution < 1.29 is 34.4 Å². The minimum Gasteiger partial charge on any atom is -0.481 e. The van der Waals surface area contributed by atoms with E-state index in [1.165, 1.54) is 22.7 Å². The number of hydrogen-bond donors (Lipinski definition) is 5. The lowest BCUT2D eigenvalue weighted by molar-refractivity contribution is -0.141. The van der Waals surface area contributed by atoms with Crippen LogP contribution in [0.4, 0.5) is 15.4 Å². The summed E-state index contributed by atoms with van der Waals surface area (Å²) in [7, 11) is 0. The van der Waals surface area contributed by atoms with Crippen LogP contribution in [0.15, 0.2) is 35.7 Å². The van der Waals surface area contributed by atoms with Crippen LogP contribution in [0.3, 0.4) is 0 Å². The van der Waals surface area contributed by atoms with Crippen molar-refractivity contribution in [2.45, 2.75) is 136 Å². The molecule has 1 fully saturated rings. The number of alkyl carbamates (subject to hydrolysis) is 1. The average Bonchev–Trinajstić information content (AvgIpc) is 3.54. The molecule has 1 aromatic carbocycles. The van der Waals surface area contributed by atoms with Gasteiger partial charge in [-0.2, -0.15) is 0 Å². The number of carbonyl (C=O) groups is 3. The van der Waals surface area contributed by atoms with Gasteiger partial charge in [0, 0.05) is 36.0 Å². The number of nitrogens with zero attached hydrogens (tertiary/aromatic N) is 2. The Labute approximate surface area is 295 Å². The number of nitrogens with one attached hydrogen (secondary N) is 2. The number of rotatable bonds is 17. The highest BCUT2D eigenvalue weighted by Crippen LogP contribution is 2.36. The third-order valence-electron chi connectivity index (χ3n) is 9.83. The first-order chi connectivity index (χ1) is 23.1. The number of benzene rings is 1. The fourth-order valence-corrected chi connectivity index (χ4v) is 7.46. The number of aliphatic hydroxyl groups is 1. The number of carboxylic acid groups (broad SMARTS) is 2. The van der Waals surface area contributed by atoms with E-state index in [4.69, 9.17) is 4.74 Å². The van der Waals surface area contributed by atoms with Crippen LogP contribution >= 0.6 is 11.3 Å². The third-order valence-corrected chi connectivity index (χ3v) is 10.8. The number of aliphatic hydroxyl groups excluding tert-OH is 1. The summed E-state index contributed by atoms with van der Waals surface area (Å²) in [6, 6.07) is 8.53. The van der Waals surface area contributed by atoms with Crippen LogP contribution in [-0.4, -0.2) is 68.7 Å². The van der Waals surface area contributed by atoms with Crippen LogP contribution in [0, 0.1) is 17.8 Å². The lowest BCUT2D eigenvalue weighted by Crippen LogP contribution is -2.51. The van der Waals surface area contributed by atoms with Gasteiger partial charge in [0.25, 0.3) is 0 Å². The van der Waals surface area contributed by atoms with E-state index < -0.39 is 41.8 Å². The Morgan fingerprint density at radius 1 is 1.04 bits per heavy atom. The van der Waals surface area contributed by atoms with Crippen molar-refractivity contribution in [3.8, 4) is 0 Å². The van der Waals surface area contributed by atoms with Gasteiger partial charge in [0.2, 0.25) is 0 Å². The number of amides is 2. The first-order valence-electron chi connectivity index (χ1n) is 17.8. The molecule has 1 aromatic heterocycles. The van der Waals surface area contributed by atoms with Crippen molar-refractivity contribution in [2.75, 3.05) is 11.4 Å². The highest BCUT2D eigenvalue weighted by Gasteiger charge is 2.36. The first kappa shape index (κ1) is 40.2. The summed E-state index contributed by atoms with van der Waals surface area (Å²) < 4.78 is 5.54. The maximum absolute atomic E-state index is 12.8. The first-order valence-corrected chi connectivity index (χ1v) is 18.6. The van der Waals surface area contributed by atoms with E-state index in [1.807, 2.05) is 58.0 Å². The maximum Gasteiger partial charge on any atom is 0.413 e. The van der Waals surface area contributed by atoms with E-state index in [0.29, 0.717) is 23.9 Å². The van der Waals surface area contributed by atoms with Crippen LogP contribution in [0.5, 0.6) is 0 Å². The molecule has 11 nitrogen and oxygen atoms in total. The van der Waals surface area contributed by atoms with Gasteiger partial charge in [0.05, 0.1) is 5.92 Å². The van der Waals surface area contributed by atoms with E-state index in [9.17, 15) is 29.7 Å². The molecule has 2 amide bonds. The number of aromatic nitrogens is 1. The van der Waals surface area contributed by atoms with Crippen molar-refractivity contribution in [1.82, 2.24) is 15.6 Å². The number of aliphatic carboxylic acids is 1. The number of hydrogen-bond acceptors (Lipinski definition) is 8. The molecule has 1 unspecified atom stereocenters. The molecule has 0 aliphatic heterocycles. The number of carbonyl (C=O) groups excluding carboxylic acids is 1. The zero-order valence-electron chi connectivity index (χ0n) is 30.2. The quantitative estimate of drug-likeness (QED) is 0.111. The van der Waals surface area contributed by atoms with Crippen molar-refractivity contribution in [2.24, 2.45) is 17.8 Å². The van der Waals surface area contributed by atoms with Gasteiger partial charge < -0.3 is 30.7 Å². The van der Waals surface area contributed by atoms with Gasteiger partial charge in [-0.05, 0) is 63.9 Å². The normalized spacial score (nSPS) is 18.4. The summed E-state index contributed by atoms with van der Waals surface area (Å²) in [6.45, 7) is 13.7. The molecular weight excluding hydrogens is 644 g/mol. The smallest absolute Gasteiger partial charge is 0.413 e. The Morgan fingerprint density at radius 2 is 1.69 bits per heavy atom. The molecule has 0 saturated heterocycles. The minimum atomic E-state index is -1.23. The van der Waals surface area contributed by atoms with E-state index in [-0.39, 0.29) is 36.2 Å². The fraction of sp³-hybridized carbons (Fsp3) is 0.676. The summed E-state index contributed by atoms with van der Waals surface area (Å²) >= 11 is 1.20. The second kappa shape index (κ2) is 18.7. The van der Waals surface area contributed by atoms with Crippen LogP contribution in [0.2, 0.25) is 0 Å². The summed E-state index contributed by atoms with van der Waals surface area (Å²) in [6.07, 6.45) is 4.21. The fourth-order valence-electron chi connectivity index (χ4n) is 6.66. The van der Waals surface area contributed by atoms with Gasteiger partial charge in [-0.25, -0.2) is 14.6 Å². The van der Waals surface area contributed by atoms with Crippen molar-refractivity contribution in [3.63, 3.8) is 0 Å². The van der Waals surface area contributed by atoms with Gasteiger partial charge in [-0.15, -0.1) is 11.3 Å². The number of anilines is 1. The van der Waals surface area contributed by atoms with Crippen LogP contribution in [0.25, 0.3) is 0 Å². The summed E-state index contributed by atoms with van der Waals surface area (Å²) in [5.74, 6) is -1.39. The standard InChI is InChI=1S/C37H58N4O7S/c1-8-23(2)29(39-35(45)48-37(5,6)7)21-38-28(27-17-13-10-14-18-27)20-31(42)33-40-32(22-49-33)41(36(46)47)30(19-24(3)34(43)44)25(4)26-15-11-9-12-16-26/h9,11-12,15-16,22-25,27-31,38,42H,8,10,13-14,17-21H2,1-7H3,(H,39,45)(H,43,44)(H,46,47)/t23-,24-,25?,28+,29-,30+,31+/m0/s1. The molecule has 1 saturated carbocycles. The predicted molar refractivity (Wildman–Crippen MR) is 193 cm³/mol. The van der Waals surface area contributed by atoms with Gasteiger partial charge in [-0.3, -0.25) is 9.69 Å². The van der Waals surface area contributed by atoms with E-state index in [2.05, 4.69) is 29.5 Å². The molecule has 1 aliphatic carbocycles.